The fourth-order valence-electron chi connectivity index (χ4n) is 3.96. The van der Waals surface area contributed by atoms with Gasteiger partial charge in [0, 0.05) is 17.5 Å². The van der Waals surface area contributed by atoms with Gasteiger partial charge in [0.15, 0.2) is 0 Å². The molecule has 25 heavy (non-hydrogen) atoms. The van der Waals surface area contributed by atoms with Crippen molar-refractivity contribution in [3.8, 4) is 5.69 Å². The monoisotopic (exact) mass is 334 g/mol. The van der Waals surface area contributed by atoms with E-state index in [4.69, 9.17) is 10.8 Å². The molecule has 1 aliphatic heterocycles. The van der Waals surface area contributed by atoms with Crippen LogP contribution < -0.4 is 11.1 Å². The van der Waals surface area contributed by atoms with Gasteiger partial charge in [0.05, 0.1) is 11.4 Å². The first-order valence-electron chi connectivity index (χ1n) is 9.27. The summed E-state index contributed by atoms with van der Waals surface area (Å²) in [6.07, 6.45) is 10.0. The van der Waals surface area contributed by atoms with Crippen LogP contribution in [-0.4, -0.2) is 22.9 Å². The highest BCUT2D eigenvalue weighted by molar-refractivity contribution is 5.78. The van der Waals surface area contributed by atoms with Crippen molar-refractivity contribution in [1.29, 1.82) is 0 Å². The van der Waals surface area contributed by atoms with E-state index in [1.165, 1.54) is 30.4 Å². The van der Waals surface area contributed by atoms with E-state index in [1.807, 2.05) is 4.68 Å². The molecule has 0 spiro atoms. The van der Waals surface area contributed by atoms with E-state index in [-0.39, 0.29) is 0 Å². The maximum Gasteiger partial charge on any atom is 0.0976 e. The van der Waals surface area contributed by atoms with Gasteiger partial charge in [-0.3, -0.25) is 0 Å². The Bertz CT molecular complexity index is 790. The zero-order valence-electron chi connectivity index (χ0n) is 14.7. The van der Waals surface area contributed by atoms with E-state index in [9.17, 15) is 0 Å². The van der Waals surface area contributed by atoms with Gasteiger partial charge in [0.25, 0.3) is 0 Å². The Morgan fingerprint density at radius 2 is 2.04 bits per heavy atom. The molecule has 4 rings (SSSR count). The highest BCUT2D eigenvalue weighted by Gasteiger charge is 2.19. The third-order valence-electron chi connectivity index (χ3n) is 5.36. The molecule has 2 aromatic rings. The van der Waals surface area contributed by atoms with Crippen molar-refractivity contribution in [2.24, 2.45) is 5.73 Å². The third kappa shape index (κ3) is 3.27. The molecule has 0 bridgehead atoms. The average molecular weight is 334 g/mol. The summed E-state index contributed by atoms with van der Waals surface area (Å²) in [5.41, 5.74) is 12.3. The second-order valence-electron chi connectivity index (χ2n) is 7.10. The normalized spacial score (nSPS) is 20.5. The molecule has 0 radical (unpaired) electrons. The maximum absolute atomic E-state index is 5.93. The molecule has 1 aromatic heterocycles. The standard InChI is InChI=1S/C21H26N4/c1-15(22)20-6-2-4-18-14-25(24-21(18)20)19-9-7-17(8-10-19)16-5-3-12-23-13-11-16/h6-10,14,16,23H,1-5,11-13,22H2. The Labute approximate surface area is 149 Å². The number of nitrogens with zero attached hydrogens (tertiary/aromatic N) is 2. The lowest BCUT2D eigenvalue weighted by atomic mass is 9.92. The van der Waals surface area contributed by atoms with Crippen molar-refractivity contribution in [2.45, 2.75) is 38.0 Å². The van der Waals surface area contributed by atoms with E-state index in [0.717, 1.165) is 42.9 Å². The number of fused-ring (bicyclic) bond motifs is 1. The molecule has 4 heteroatoms. The molecule has 2 heterocycles. The molecule has 1 aliphatic carbocycles. The van der Waals surface area contributed by atoms with Crippen molar-refractivity contribution < 1.29 is 0 Å². The van der Waals surface area contributed by atoms with Crippen LogP contribution in [0, 0.1) is 0 Å². The zero-order chi connectivity index (χ0) is 17.2. The van der Waals surface area contributed by atoms with Gasteiger partial charge in [-0.2, -0.15) is 5.10 Å². The van der Waals surface area contributed by atoms with Gasteiger partial charge in [-0.25, -0.2) is 4.68 Å². The van der Waals surface area contributed by atoms with E-state index in [2.05, 4.69) is 48.4 Å². The Balaban J connectivity index is 1.59. The molecular weight excluding hydrogens is 308 g/mol. The first-order valence-corrected chi connectivity index (χ1v) is 9.27. The Kier molecular flexibility index (Phi) is 4.45. The lowest BCUT2D eigenvalue weighted by Gasteiger charge is -2.14. The quantitative estimate of drug-likeness (QED) is 0.903. The Morgan fingerprint density at radius 1 is 1.20 bits per heavy atom. The summed E-state index contributed by atoms with van der Waals surface area (Å²) in [4.78, 5) is 0. The number of allylic oxidation sites excluding steroid dienone is 2. The molecule has 1 aromatic carbocycles. The number of nitrogens with one attached hydrogen (secondary N) is 1. The minimum absolute atomic E-state index is 0.600. The molecule has 1 atom stereocenters. The lowest BCUT2D eigenvalue weighted by Crippen LogP contribution is -2.13. The second kappa shape index (κ2) is 6.89. The van der Waals surface area contributed by atoms with E-state index < -0.39 is 0 Å². The van der Waals surface area contributed by atoms with Crippen molar-refractivity contribution >= 4 is 5.57 Å². The van der Waals surface area contributed by atoms with Gasteiger partial charge in [-0.05, 0) is 74.4 Å². The van der Waals surface area contributed by atoms with Gasteiger partial charge in [0.2, 0.25) is 0 Å². The summed E-state index contributed by atoms with van der Waals surface area (Å²) in [5.74, 6) is 0.671. The molecular formula is C21H26N4. The predicted molar refractivity (Wildman–Crippen MR) is 103 cm³/mol. The van der Waals surface area contributed by atoms with E-state index in [1.54, 1.807) is 0 Å². The van der Waals surface area contributed by atoms with Crippen LogP contribution in [0.5, 0.6) is 0 Å². The van der Waals surface area contributed by atoms with Crippen molar-refractivity contribution in [3.63, 3.8) is 0 Å². The fraction of sp³-hybridized carbons (Fsp3) is 0.381. The summed E-state index contributed by atoms with van der Waals surface area (Å²) in [5, 5.41) is 8.27. The highest BCUT2D eigenvalue weighted by atomic mass is 15.3. The fourth-order valence-corrected chi connectivity index (χ4v) is 3.96. The third-order valence-corrected chi connectivity index (χ3v) is 5.36. The van der Waals surface area contributed by atoms with Crippen LogP contribution in [0.15, 0.2) is 48.8 Å². The van der Waals surface area contributed by atoms with Crippen molar-refractivity contribution in [3.05, 3.63) is 65.6 Å². The smallest absolute Gasteiger partial charge is 0.0976 e. The molecule has 2 aliphatic rings. The SMILES string of the molecule is C=C(N)C1=CCCc2cn(-c3ccc(C4CCCNCC4)cc3)nc21. The lowest BCUT2D eigenvalue weighted by molar-refractivity contribution is 0.609. The van der Waals surface area contributed by atoms with Gasteiger partial charge >= 0.3 is 0 Å². The summed E-state index contributed by atoms with van der Waals surface area (Å²) >= 11 is 0. The minimum Gasteiger partial charge on any atom is -0.399 e. The Morgan fingerprint density at radius 3 is 2.84 bits per heavy atom. The highest BCUT2D eigenvalue weighted by Crippen LogP contribution is 2.30. The largest absolute Gasteiger partial charge is 0.399 e. The first kappa shape index (κ1) is 16.2. The molecule has 3 N–H and O–H groups in total. The number of aromatic nitrogens is 2. The van der Waals surface area contributed by atoms with E-state index in [0.29, 0.717) is 11.6 Å². The van der Waals surface area contributed by atoms with Crippen LogP contribution in [-0.2, 0) is 6.42 Å². The van der Waals surface area contributed by atoms with Crippen LogP contribution in [0.1, 0.15) is 48.4 Å². The summed E-state index contributed by atoms with van der Waals surface area (Å²) in [6.45, 7) is 6.16. The van der Waals surface area contributed by atoms with Gasteiger partial charge in [-0.1, -0.05) is 24.8 Å². The summed E-state index contributed by atoms with van der Waals surface area (Å²) < 4.78 is 1.98. The number of hydrogen-bond donors (Lipinski definition) is 2. The van der Waals surface area contributed by atoms with Crippen molar-refractivity contribution in [1.82, 2.24) is 15.1 Å². The number of nitrogens with two attached hydrogens (primary N) is 1. The molecule has 1 fully saturated rings. The molecule has 0 amide bonds. The number of hydrogen-bond acceptors (Lipinski definition) is 3. The van der Waals surface area contributed by atoms with Gasteiger partial charge in [0.1, 0.15) is 0 Å². The van der Waals surface area contributed by atoms with Gasteiger partial charge in [-0.15, -0.1) is 0 Å². The molecule has 4 nitrogen and oxygen atoms in total. The number of benzene rings is 1. The topological polar surface area (TPSA) is 55.9 Å². The van der Waals surface area contributed by atoms with Crippen LogP contribution in [0.3, 0.4) is 0 Å². The van der Waals surface area contributed by atoms with Crippen molar-refractivity contribution in [2.75, 3.05) is 13.1 Å². The summed E-state index contributed by atoms with van der Waals surface area (Å²) in [6, 6.07) is 8.91. The Hall–Kier alpha value is -2.33. The second-order valence-corrected chi connectivity index (χ2v) is 7.10. The maximum atomic E-state index is 5.93. The summed E-state index contributed by atoms with van der Waals surface area (Å²) in [7, 11) is 0. The zero-order valence-corrected chi connectivity index (χ0v) is 14.7. The first-order chi connectivity index (χ1) is 12.2. The van der Waals surface area contributed by atoms with E-state index >= 15 is 0 Å². The average Bonchev–Trinajstić information content (AvgIpc) is 2.88. The molecule has 0 saturated carbocycles. The van der Waals surface area contributed by atoms with Crippen LogP contribution in [0.4, 0.5) is 0 Å². The van der Waals surface area contributed by atoms with Crippen LogP contribution >= 0.6 is 0 Å². The van der Waals surface area contributed by atoms with Gasteiger partial charge < -0.3 is 11.1 Å². The van der Waals surface area contributed by atoms with Crippen LogP contribution in [0.25, 0.3) is 11.3 Å². The number of aryl methyl sites for hydroxylation is 1. The number of rotatable bonds is 3. The molecule has 1 saturated heterocycles. The molecule has 130 valence electrons. The molecule has 1 unspecified atom stereocenters. The minimum atomic E-state index is 0.600. The predicted octanol–water partition coefficient (Wildman–Crippen LogP) is 3.53. The van der Waals surface area contributed by atoms with Crippen LogP contribution in [0.2, 0.25) is 0 Å².